The predicted octanol–water partition coefficient (Wildman–Crippen LogP) is 2.00. The average Bonchev–Trinajstić information content (AvgIpc) is 2.18. The van der Waals surface area contributed by atoms with Gasteiger partial charge in [0.25, 0.3) is 0 Å². The lowest BCUT2D eigenvalue weighted by Gasteiger charge is -2.06. The summed E-state index contributed by atoms with van der Waals surface area (Å²) in [6.07, 6.45) is 2.40. The summed E-state index contributed by atoms with van der Waals surface area (Å²) >= 11 is 0. The number of carbonyl (C=O) groups excluding carboxylic acids is 1. The van der Waals surface area contributed by atoms with Gasteiger partial charge < -0.3 is 5.26 Å². The largest absolute Gasteiger partial charge is 0.463 e. The first-order valence-electron chi connectivity index (χ1n) is 5.34. The van der Waals surface area contributed by atoms with Gasteiger partial charge in [-0.2, -0.15) is 4.58 Å². The molecule has 0 aliphatic rings. The van der Waals surface area contributed by atoms with Crippen LogP contribution >= 0.6 is 0 Å². The average molecular weight is 206 g/mol. The van der Waals surface area contributed by atoms with Crippen molar-refractivity contribution in [3.63, 3.8) is 0 Å². The minimum Gasteiger partial charge on any atom is -0.463 e. The Hall–Kier alpha value is -1.31. The molecule has 1 aromatic carbocycles. The molecule has 1 rings (SSSR count). The van der Waals surface area contributed by atoms with Crippen molar-refractivity contribution < 1.29 is 9.83 Å². The Bertz CT molecular complexity index is 312. The minimum absolute atomic E-state index is 0.0515. The molecule has 1 atom stereocenters. The zero-order chi connectivity index (χ0) is 11.3. The fourth-order valence-corrected chi connectivity index (χ4v) is 1.59. The van der Waals surface area contributed by atoms with E-state index in [0.29, 0.717) is 5.92 Å². The van der Waals surface area contributed by atoms with Gasteiger partial charge in [0.05, 0.1) is 5.92 Å². The van der Waals surface area contributed by atoms with Crippen LogP contribution < -0.4 is 5.26 Å². The molecule has 82 valence electrons. The Balaban J connectivity index is 2.71. The first-order chi connectivity index (χ1) is 7.13. The second-order valence-corrected chi connectivity index (χ2v) is 4.36. The van der Waals surface area contributed by atoms with Crippen molar-refractivity contribution in [1.82, 2.24) is 0 Å². The lowest BCUT2D eigenvalue weighted by Crippen LogP contribution is -2.04. The number of hydrogen-bond donors (Lipinski definition) is 0. The van der Waals surface area contributed by atoms with Gasteiger partial charge in [0.1, 0.15) is 0 Å². The first-order valence-corrected chi connectivity index (χ1v) is 5.34. The Kier molecular flexibility index (Phi) is 4.35. The zero-order valence-electron chi connectivity index (χ0n) is 9.57. The number of rotatable bonds is 4. The van der Waals surface area contributed by atoms with E-state index < -0.39 is 0 Å². The molecule has 0 amide bonds. The van der Waals surface area contributed by atoms with E-state index in [1.54, 1.807) is 0 Å². The fraction of sp³-hybridized carbons (Fsp3) is 0.462. The standard InChI is InChI=1S/C13H18O2/c1-10(2)8-12-4-6-13(7-5-12)11(3)9-15-14/h4-7,9-11H,8H2,1-3H3/t11-/m1/s1. The highest BCUT2D eigenvalue weighted by Gasteiger charge is 2.07. The Morgan fingerprint density at radius 2 is 1.80 bits per heavy atom. The molecule has 0 saturated heterocycles. The van der Waals surface area contributed by atoms with E-state index in [-0.39, 0.29) is 5.92 Å². The van der Waals surface area contributed by atoms with Gasteiger partial charge in [0.2, 0.25) is 0 Å². The van der Waals surface area contributed by atoms with Crippen LogP contribution in [0.1, 0.15) is 37.8 Å². The third kappa shape index (κ3) is 3.74. The van der Waals surface area contributed by atoms with Crippen LogP contribution in [0.2, 0.25) is 0 Å². The van der Waals surface area contributed by atoms with Crippen molar-refractivity contribution in [2.45, 2.75) is 33.1 Å². The highest BCUT2D eigenvalue weighted by molar-refractivity contribution is 5.61. The highest BCUT2D eigenvalue weighted by Crippen LogP contribution is 2.15. The van der Waals surface area contributed by atoms with E-state index >= 15 is 0 Å². The molecule has 2 heteroatoms. The Morgan fingerprint density at radius 1 is 1.20 bits per heavy atom. The van der Waals surface area contributed by atoms with E-state index in [9.17, 15) is 5.26 Å². The van der Waals surface area contributed by atoms with Crippen LogP contribution in [0.25, 0.3) is 0 Å². The normalized spacial score (nSPS) is 13.6. The zero-order valence-corrected chi connectivity index (χ0v) is 9.57. The molecule has 2 nitrogen and oxygen atoms in total. The molecule has 0 aliphatic carbocycles. The highest BCUT2D eigenvalue weighted by atomic mass is 17.1. The lowest BCUT2D eigenvalue weighted by molar-refractivity contribution is -1.04. The summed E-state index contributed by atoms with van der Waals surface area (Å²) in [6.45, 7) is 6.35. The quantitative estimate of drug-likeness (QED) is 0.321. The summed E-state index contributed by atoms with van der Waals surface area (Å²) in [6, 6.07) is 8.34. The molecule has 0 bridgehead atoms. The molecular formula is C13H18O2. The third-order valence-electron chi connectivity index (χ3n) is 2.41. The van der Waals surface area contributed by atoms with Gasteiger partial charge in [0, 0.05) is 0 Å². The molecule has 0 unspecified atom stereocenters. The maximum atomic E-state index is 9.97. The molecule has 0 aromatic heterocycles. The summed E-state index contributed by atoms with van der Waals surface area (Å²) in [5, 5.41) is 9.97. The molecule has 0 aliphatic heterocycles. The first kappa shape index (κ1) is 11.8. The molecule has 0 radical (unpaired) electrons. The van der Waals surface area contributed by atoms with Crippen molar-refractivity contribution in [3.8, 4) is 0 Å². The summed E-state index contributed by atoms with van der Waals surface area (Å²) in [5.41, 5.74) is 2.45. The second-order valence-electron chi connectivity index (χ2n) is 4.36. The molecule has 0 heterocycles. The number of hydrogen-bond acceptors (Lipinski definition) is 1. The number of aldehydes is 1. The van der Waals surface area contributed by atoms with Crippen LogP contribution in [0.4, 0.5) is 0 Å². The topological polar surface area (TPSA) is 34.4 Å². The van der Waals surface area contributed by atoms with Crippen molar-refractivity contribution in [3.05, 3.63) is 35.4 Å². The third-order valence-corrected chi connectivity index (χ3v) is 2.41. The van der Waals surface area contributed by atoms with Crippen LogP contribution in [-0.4, -0.2) is 6.29 Å². The predicted molar refractivity (Wildman–Crippen MR) is 59.5 cm³/mol. The molecule has 0 N–H and O–H groups in total. The van der Waals surface area contributed by atoms with Gasteiger partial charge in [-0.1, -0.05) is 38.1 Å². The second kappa shape index (κ2) is 5.54. The SMILES string of the molecule is CC(C)Cc1ccc([C@H](C)C=[O+][O-])cc1. The van der Waals surface area contributed by atoms with Crippen LogP contribution in [0.15, 0.2) is 24.3 Å². The van der Waals surface area contributed by atoms with Gasteiger partial charge in [0.15, 0.2) is 0 Å². The number of benzene rings is 1. The smallest absolute Gasteiger partial charge is 0.325 e. The molecule has 0 spiro atoms. The van der Waals surface area contributed by atoms with Crippen molar-refractivity contribution in [2.75, 3.05) is 0 Å². The van der Waals surface area contributed by atoms with E-state index in [0.717, 1.165) is 12.0 Å². The Morgan fingerprint density at radius 3 is 2.27 bits per heavy atom. The maximum Gasteiger partial charge on any atom is 0.325 e. The molecule has 15 heavy (non-hydrogen) atoms. The van der Waals surface area contributed by atoms with Crippen molar-refractivity contribution in [1.29, 1.82) is 0 Å². The van der Waals surface area contributed by atoms with Gasteiger partial charge in [-0.25, -0.2) is 0 Å². The van der Waals surface area contributed by atoms with Crippen molar-refractivity contribution in [2.24, 2.45) is 5.92 Å². The fourth-order valence-electron chi connectivity index (χ4n) is 1.59. The van der Waals surface area contributed by atoms with E-state index in [4.69, 9.17) is 0 Å². The lowest BCUT2D eigenvalue weighted by atomic mass is 9.98. The van der Waals surface area contributed by atoms with E-state index in [1.807, 2.05) is 6.92 Å². The summed E-state index contributed by atoms with van der Waals surface area (Å²) in [7, 11) is 0. The molecule has 1 aromatic rings. The molecular weight excluding hydrogens is 188 g/mol. The summed E-state index contributed by atoms with van der Waals surface area (Å²) < 4.78 is 3.78. The minimum atomic E-state index is 0.0515. The Labute approximate surface area is 91.2 Å². The summed E-state index contributed by atoms with van der Waals surface area (Å²) in [4.78, 5) is 0. The van der Waals surface area contributed by atoms with Gasteiger partial charge in [-0.15, -0.1) is 0 Å². The van der Waals surface area contributed by atoms with Gasteiger partial charge >= 0.3 is 6.29 Å². The van der Waals surface area contributed by atoms with E-state index in [2.05, 4.69) is 42.7 Å². The van der Waals surface area contributed by atoms with E-state index in [1.165, 1.54) is 11.8 Å². The molecule has 0 fully saturated rings. The maximum absolute atomic E-state index is 9.97. The molecule has 0 saturated carbocycles. The van der Waals surface area contributed by atoms with Crippen LogP contribution in [-0.2, 0) is 11.0 Å². The monoisotopic (exact) mass is 206 g/mol. The summed E-state index contributed by atoms with van der Waals surface area (Å²) in [5.74, 6) is 0.723. The van der Waals surface area contributed by atoms with Crippen molar-refractivity contribution >= 4 is 6.29 Å². The van der Waals surface area contributed by atoms with Crippen LogP contribution in [0, 0.1) is 5.92 Å². The van der Waals surface area contributed by atoms with Gasteiger partial charge in [-0.05, 0) is 30.4 Å². The van der Waals surface area contributed by atoms with Crippen LogP contribution in [0.3, 0.4) is 0 Å². The van der Waals surface area contributed by atoms with Gasteiger partial charge in [-0.3, -0.25) is 0 Å². The van der Waals surface area contributed by atoms with Crippen LogP contribution in [0.5, 0.6) is 0 Å².